The minimum Gasteiger partial charge on any atom is -0.332 e. The smallest absolute Gasteiger partial charge is 0.319 e. The van der Waals surface area contributed by atoms with Gasteiger partial charge in [-0.15, -0.1) is 0 Å². The molecule has 0 saturated carbocycles. The van der Waals surface area contributed by atoms with Gasteiger partial charge in [-0.05, 0) is 36.8 Å². The first-order valence-electron chi connectivity index (χ1n) is 10.1. The van der Waals surface area contributed by atoms with Crippen LogP contribution >= 0.6 is 0 Å². The molecule has 2 amide bonds. The summed E-state index contributed by atoms with van der Waals surface area (Å²) in [6, 6.07) is 7.19. The van der Waals surface area contributed by atoms with Crippen molar-refractivity contribution in [3.05, 3.63) is 53.6 Å². The third-order valence-electron chi connectivity index (χ3n) is 5.01. The Morgan fingerprint density at radius 1 is 1.13 bits per heavy atom. The molecule has 31 heavy (non-hydrogen) atoms. The van der Waals surface area contributed by atoms with Gasteiger partial charge in [-0.2, -0.15) is 17.0 Å². The minimum atomic E-state index is -3.36. The van der Waals surface area contributed by atoms with Crippen LogP contribution in [0, 0.1) is 6.92 Å². The van der Waals surface area contributed by atoms with E-state index in [4.69, 9.17) is 0 Å². The molecule has 0 aromatic carbocycles. The number of pyridine rings is 2. The lowest BCUT2D eigenvalue weighted by atomic mass is 10.2. The summed E-state index contributed by atoms with van der Waals surface area (Å²) in [5.41, 5.74) is 3.33. The highest BCUT2D eigenvalue weighted by Crippen LogP contribution is 2.13. The molecule has 0 unspecified atom stereocenters. The molecular weight excluding hydrogens is 418 g/mol. The van der Waals surface area contributed by atoms with Crippen molar-refractivity contribution < 1.29 is 13.2 Å². The molecule has 11 heteroatoms. The number of aryl methyl sites for hydroxylation is 1. The molecule has 0 atom stereocenters. The summed E-state index contributed by atoms with van der Waals surface area (Å²) in [6.45, 7) is 5.14. The van der Waals surface area contributed by atoms with E-state index in [0.717, 1.165) is 17.0 Å². The van der Waals surface area contributed by atoms with Crippen LogP contribution in [0.25, 0.3) is 0 Å². The average molecular weight is 448 g/mol. The SMILES string of the molecule is Cc1ccc(NC(=O)NCc2cc(CN3CCN(S(=O)(=O)N(C)C)CC3)ccn2)cn1. The number of nitrogens with zero attached hydrogens (tertiary/aromatic N) is 5. The van der Waals surface area contributed by atoms with Crippen LogP contribution in [-0.4, -0.2) is 78.2 Å². The van der Waals surface area contributed by atoms with E-state index >= 15 is 0 Å². The van der Waals surface area contributed by atoms with Crippen LogP contribution in [0.1, 0.15) is 17.0 Å². The third-order valence-corrected chi connectivity index (χ3v) is 6.95. The first kappa shape index (κ1) is 23.1. The fraction of sp³-hybridized carbons (Fsp3) is 0.450. The van der Waals surface area contributed by atoms with Gasteiger partial charge in [-0.25, -0.2) is 4.79 Å². The summed E-state index contributed by atoms with van der Waals surface area (Å²) in [5.74, 6) is 0. The molecule has 0 bridgehead atoms. The monoisotopic (exact) mass is 447 g/mol. The van der Waals surface area contributed by atoms with Crippen LogP contribution in [0.15, 0.2) is 36.7 Å². The lowest BCUT2D eigenvalue weighted by molar-refractivity contribution is 0.177. The zero-order chi connectivity index (χ0) is 22.4. The zero-order valence-electron chi connectivity index (χ0n) is 18.1. The van der Waals surface area contributed by atoms with Gasteiger partial charge >= 0.3 is 6.03 Å². The number of nitrogens with one attached hydrogen (secondary N) is 2. The summed E-state index contributed by atoms with van der Waals surface area (Å²) in [6.07, 6.45) is 3.33. The second-order valence-electron chi connectivity index (χ2n) is 7.62. The molecule has 1 aliphatic heterocycles. The summed E-state index contributed by atoms with van der Waals surface area (Å²) < 4.78 is 27.2. The van der Waals surface area contributed by atoms with Gasteiger partial charge < -0.3 is 10.6 Å². The van der Waals surface area contributed by atoms with Gasteiger partial charge in [-0.3, -0.25) is 14.9 Å². The average Bonchev–Trinajstić information content (AvgIpc) is 2.74. The molecule has 0 spiro atoms. The van der Waals surface area contributed by atoms with E-state index in [0.29, 0.717) is 45.0 Å². The summed E-state index contributed by atoms with van der Waals surface area (Å²) >= 11 is 0. The molecular formula is C20H29N7O3S. The van der Waals surface area contributed by atoms with Gasteiger partial charge in [-0.1, -0.05) is 0 Å². The first-order valence-corrected chi connectivity index (χ1v) is 11.4. The van der Waals surface area contributed by atoms with E-state index in [-0.39, 0.29) is 6.03 Å². The van der Waals surface area contributed by atoms with E-state index in [1.54, 1.807) is 32.6 Å². The summed E-state index contributed by atoms with van der Waals surface area (Å²) in [4.78, 5) is 22.8. The van der Waals surface area contributed by atoms with Crippen LogP contribution in [0.3, 0.4) is 0 Å². The largest absolute Gasteiger partial charge is 0.332 e. The number of carbonyl (C=O) groups excluding carboxylic acids is 1. The standard InChI is InChI=1S/C20H29N7O3S/c1-16-4-5-18(13-22-16)24-20(28)23-14-19-12-17(6-7-21-19)15-26-8-10-27(11-9-26)31(29,30)25(2)3/h4-7,12-13H,8-11,14-15H2,1-3H3,(H2,23,24,28). The second kappa shape index (κ2) is 10.1. The number of piperazine rings is 1. The van der Waals surface area contributed by atoms with E-state index < -0.39 is 10.2 Å². The number of rotatable bonds is 7. The highest BCUT2D eigenvalue weighted by Gasteiger charge is 2.28. The van der Waals surface area contributed by atoms with Crippen molar-refractivity contribution in [2.45, 2.75) is 20.0 Å². The van der Waals surface area contributed by atoms with Crippen molar-refractivity contribution >= 4 is 21.9 Å². The van der Waals surface area contributed by atoms with Crippen LogP contribution in [0.5, 0.6) is 0 Å². The Kier molecular flexibility index (Phi) is 7.55. The van der Waals surface area contributed by atoms with Crippen molar-refractivity contribution in [1.29, 1.82) is 0 Å². The molecule has 168 valence electrons. The maximum Gasteiger partial charge on any atom is 0.319 e. The van der Waals surface area contributed by atoms with Crippen molar-refractivity contribution in [2.75, 3.05) is 45.6 Å². The van der Waals surface area contributed by atoms with E-state index in [9.17, 15) is 13.2 Å². The molecule has 3 heterocycles. The lowest BCUT2D eigenvalue weighted by Crippen LogP contribution is -2.51. The van der Waals surface area contributed by atoms with Crippen molar-refractivity contribution in [1.82, 2.24) is 28.8 Å². The Hall–Kier alpha value is -2.60. The Morgan fingerprint density at radius 3 is 2.52 bits per heavy atom. The van der Waals surface area contributed by atoms with Gasteiger partial charge in [0.1, 0.15) is 0 Å². The molecule has 0 aliphatic carbocycles. The normalized spacial score (nSPS) is 15.7. The van der Waals surface area contributed by atoms with Crippen LogP contribution < -0.4 is 10.6 Å². The fourth-order valence-electron chi connectivity index (χ4n) is 3.22. The summed E-state index contributed by atoms with van der Waals surface area (Å²) in [5, 5.41) is 5.53. The van der Waals surface area contributed by atoms with Crippen molar-refractivity contribution in [3.8, 4) is 0 Å². The Labute approximate surface area is 183 Å². The molecule has 2 aromatic heterocycles. The van der Waals surface area contributed by atoms with E-state index in [1.165, 1.54) is 8.61 Å². The lowest BCUT2D eigenvalue weighted by Gasteiger charge is -2.35. The molecule has 2 aromatic rings. The van der Waals surface area contributed by atoms with Gasteiger partial charge in [0.15, 0.2) is 0 Å². The van der Waals surface area contributed by atoms with Crippen LogP contribution in [-0.2, 0) is 23.3 Å². The predicted molar refractivity (Wildman–Crippen MR) is 119 cm³/mol. The minimum absolute atomic E-state index is 0.299. The third kappa shape index (κ3) is 6.44. The quantitative estimate of drug-likeness (QED) is 0.656. The van der Waals surface area contributed by atoms with E-state index in [1.807, 2.05) is 25.1 Å². The van der Waals surface area contributed by atoms with Gasteiger partial charge in [0.2, 0.25) is 0 Å². The molecule has 0 radical (unpaired) electrons. The second-order valence-corrected chi connectivity index (χ2v) is 9.76. The number of amides is 2. The van der Waals surface area contributed by atoms with Crippen molar-refractivity contribution in [2.24, 2.45) is 0 Å². The molecule has 3 rings (SSSR count). The zero-order valence-corrected chi connectivity index (χ0v) is 18.9. The Morgan fingerprint density at radius 2 is 1.87 bits per heavy atom. The highest BCUT2D eigenvalue weighted by atomic mass is 32.2. The van der Waals surface area contributed by atoms with Gasteiger partial charge in [0, 0.05) is 58.7 Å². The Bertz CT molecular complexity index is 988. The summed E-state index contributed by atoms with van der Waals surface area (Å²) in [7, 11) is -0.268. The topological polar surface area (TPSA) is 111 Å². The molecule has 1 fully saturated rings. The van der Waals surface area contributed by atoms with Crippen LogP contribution in [0.2, 0.25) is 0 Å². The van der Waals surface area contributed by atoms with Gasteiger partial charge in [0.25, 0.3) is 10.2 Å². The number of anilines is 1. The maximum absolute atomic E-state index is 12.2. The number of urea groups is 1. The van der Waals surface area contributed by atoms with E-state index in [2.05, 4.69) is 25.5 Å². The molecule has 1 aliphatic rings. The van der Waals surface area contributed by atoms with Gasteiger partial charge in [0.05, 0.1) is 24.1 Å². The number of carbonyl (C=O) groups is 1. The molecule has 1 saturated heterocycles. The number of hydrogen-bond donors (Lipinski definition) is 2. The highest BCUT2D eigenvalue weighted by molar-refractivity contribution is 7.86. The number of aromatic nitrogens is 2. The first-order chi connectivity index (χ1) is 14.7. The maximum atomic E-state index is 12.2. The fourth-order valence-corrected chi connectivity index (χ4v) is 4.31. The van der Waals surface area contributed by atoms with Crippen LogP contribution in [0.4, 0.5) is 10.5 Å². The number of hydrogen-bond acceptors (Lipinski definition) is 6. The molecule has 2 N–H and O–H groups in total. The molecule has 10 nitrogen and oxygen atoms in total. The Balaban J connectivity index is 1.48. The van der Waals surface area contributed by atoms with Crippen molar-refractivity contribution in [3.63, 3.8) is 0 Å². The predicted octanol–water partition coefficient (Wildman–Crippen LogP) is 1.03.